The Kier molecular flexibility index (Phi) is 13.8. The van der Waals surface area contributed by atoms with E-state index in [0.29, 0.717) is 55.1 Å². The standard InChI is InChI=1S/C56H63FN10O8S/c1-36(2)45-6-4-5-7-46(45)50-32-63(31-37-8-10-42(74-3)11-9-37)20-21-66(50)40-27-55(28-40)34-65(35-55)52-26-51(75-43-22-38-14-17-58-53(38)60-29-43)47(30-59-52)54(69)62-76(72,73)44-12-13-48(49(25-44)67(70)71)61-33-56(57)15-18-64(19-16-56)39-23-41(68)24-39/h4-14,17,22,25-26,29-30,36,39-40,50,61H,15-16,18-21,23-24,27-28,31-35H2,1-3H3,(H,58,60)(H,62,69). The van der Waals surface area contributed by atoms with Gasteiger partial charge in [-0.2, -0.15) is 0 Å². The lowest BCUT2D eigenvalue weighted by molar-refractivity contribution is -0.384. The van der Waals surface area contributed by atoms with Gasteiger partial charge in [0, 0.05) is 125 Å². The number of carbonyl (C=O) groups is 2. The number of methoxy groups -OCH3 is 1. The van der Waals surface area contributed by atoms with Gasteiger partial charge in [0.15, 0.2) is 0 Å². The first kappa shape index (κ1) is 51.1. The maximum Gasteiger partial charge on any atom is 0.293 e. The van der Waals surface area contributed by atoms with Gasteiger partial charge in [-0.05, 0) is 84.7 Å². The number of halogens is 1. The normalized spacial score (nSPS) is 20.2. The van der Waals surface area contributed by atoms with Crippen molar-refractivity contribution in [3.8, 4) is 17.2 Å². The molecule has 3 N–H and O–H groups in total. The third kappa shape index (κ3) is 10.5. The highest BCUT2D eigenvalue weighted by Crippen LogP contribution is 2.53. The molecule has 5 aliphatic rings. The number of anilines is 2. The van der Waals surface area contributed by atoms with E-state index in [2.05, 4.69) is 94.8 Å². The third-order valence-electron chi connectivity index (χ3n) is 16.4. The predicted octanol–water partition coefficient (Wildman–Crippen LogP) is 8.38. The average molecular weight is 1060 g/mol. The number of H-pyrrole nitrogens is 1. The van der Waals surface area contributed by atoms with E-state index in [1.54, 1.807) is 25.4 Å². The van der Waals surface area contributed by atoms with E-state index in [4.69, 9.17) is 9.47 Å². The lowest BCUT2D eigenvalue weighted by Crippen LogP contribution is -2.68. The molecule has 3 aromatic heterocycles. The Morgan fingerprint density at radius 2 is 1.70 bits per heavy atom. The number of hydrogen-bond donors (Lipinski definition) is 3. The number of pyridine rings is 2. The Morgan fingerprint density at radius 3 is 2.42 bits per heavy atom. The largest absolute Gasteiger partial charge is 0.497 e. The Hall–Kier alpha value is -7.00. The molecule has 11 rings (SSSR count). The summed E-state index contributed by atoms with van der Waals surface area (Å²) in [4.78, 5) is 58.3. The second-order valence-electron chi connectivity index (χ2n) is 21.8. The maximum atomic E-state index is 15.9. The van der Waals surface area contributed by atoms with E-state index < -0.39 is 37.1 Å². The first-order chi connectivity index (χ1) is 36.5. The molecule has 1 amide bonds. The molecule has 3 saturated heterocycles. The molecule has 3 aliphatic heterocycles. The number of benzene rings is 3. The fourth-order valence-corrected chi connectivity index (χ4v) is 13.0. The second kappa shape index (κ2) is 20.5. The van der Waals surface area contributed by atoms with E-state index in [1.807, 2.05) is 18.2 Å². The molecule has 3 aromatic carbocycles. The van der Waals surface area contributed by atoms with Gasteiger partial charge < -0.3 is 24.7 Å². The number of alkyl halides is 1. The summed E-state index contributed by atoms with van der Waals surface area (Å²) in [6.07, 6.45) is 7.89. The molecular weight excluding hydrogens is 992 g/mol. The molecule has 76 heavy (non-hydrogen) atoms. The van der Waals surface area contributed by atoms with E-state index in [1.165, 1.54) is 35.2 Å². The van der Waals surface area contributed by atoms with Crippen molar-refractivity contribution in [2.75, 3.05) is 69.7 Å². The monoisotopic (exact) mass is 1050 g/mol. The number of piperidine rings is 1. The van der Waals surface area contributed by atoms with Crippen LogP contribution in [0.1, 0.15) is 91.4 Å². The summed E-state index contributed by atoms with van der Waals surface area (Å²) >= 11 is 0. The van der Waals surface area contributed by atoms with Gasteiger partial charge in [0.25, 0.3) is 21.6 Å². The SMILES string of the molecule is COc1ccc(CN2CCN(C3CC4(C3)CN(c3cc(Oc5cnc6[nH]ccc6c5)c(C(=O)NS(=O)(=O)c5ccc(NCC6(F)CCN(C7CC(=O)C7)CC6)c([N+](=O)[O-])c5)cn3)C4)C(c3ccccc3C(C)C)C2)cc1. The minimum absolute atomic E-state index is 0.0404. The van der Waals surface area contributed by atoms with Crippen LogP contribution in [-0.4, -0.2) is 132 Å². The smallest absolute Gasteiger partial charge is 0.293 e. The zero-order valence-corrected chi connectivity index (χ0v) is 43.7. The Balaban J connectivity index is 0.775. The van der Waals surface area contributed by atoms with Gasteiger partial charge in [-0.15, -0.1) is 0 Å². The molecule has 20 heteroatoms. The van der Waals surface area contributed by atoms with Gasteiger partial charge in [-0.3, -0.25) is 34.4 Å². The molecule has 18 nitrogen and oxygen atoms in total. The highest BCUT2D eigenvalue weighted by Gasteiger charge is 2.55. The number of amides is 1. The van der Waals surface area contributed by atoms with Crippen molar-refractivity contribution >= 4 is 49.9 Å². The quantitative estimate of drug-likeness (QED) is 0.0579. The molecule has 1 atom stereocenters. The minimum atomic E-state index is -4.70. The number of ketones is 1. The van der Waals surface area contributed by atoms with Crippen molar-refractivity contribution in [2.24, 2.45) is 5.41 Å². The molecule has 0 radical (unpaired) electrons. The fourth-order valence-electron chi connectivity index (χ4n) is 12.0. The highest BCUT2D eigenvalue weighted by atomic mass is 32.2. The van der Waals surface area contributed by atoms with Gasteiger partial charge in [-0.1, -0.05) is 50.2 Å². The van der Waals surface area contributed by atoms with Crippen LogP contribution >= 0.6 is 0 Å². The van der Waals surface area contributed by atoms with E-state index in [-0.39, 0.29) is 59.7 Å². The van der Waals surface area contributed by atoms with Gasteiger partial charge in [0.2, 0.25) is 0 Å². The van der Waals surface area contributed by atoms with Gasteiger partial charge in [0.05, 0.1) is 23.1 Å². The molecule has 1 spiro atoms. The van der Waals surface area contributed by atoms with Gasteiger partial charge >= 0.3 is 0 Å². The van der Waals surface area contributed by atoms with Crippen molar-refractivity contribution in [1.29, 1.82) is 0 Å². The van der Waals surface area contributed by atoms with E-state index >= 15 is 4.39 Å². The lowest BCUT2D eigenvalue weighted by Gasteiger charge is -2.63. The first-order valence-corrected chi connectivity index (χ1v) is 27.6. The average Bonchev–Trinajstić information content (AvgIpc) is 3.88. The van der Waals surface area contributed by atoms with Crippen LogP contribution < -0.4 is 24.4 Å². The van der Waals surface area contributed by atoms with Crippen LogP contribution in [0.3, 0.4) is 0 Å². The molecule has 5 fully saturated rings. The first-order valence-electron chi connectivity index (χ1n) is 26.1. The highest BCUT2D eigenvalue weighted by molar-refractivity contribution is 7.90. The summed E-state index contributed by atoms with van der Waals surface area (Å²) in [5.74, 6) is 1.27. The van der Waals surface area contributed by atoms with Crippen molar-refractivity contribution in [3.63, 3.8) is 0 Å². The van der Waals surface area contributed by atoms with Crippen LogP contribution in [0, 0.1) is 15.5 Å². The van der Waals surface area contributed by atoms with Crippen molar-refractivity contribution < 1.29 is 36.8 Å². The zero-order chi connectivity index (χ0) is 52.9. The number of fused-ring (bicyclic) bond motifs is 1. The van der Waals surface area contributed by atoms with Gasteiger partial charge in [0.1, 0.15) is 51.4 Å². The molecule has 2 saturated carbocycles. The summed E-state index contributed by atoms with van der Waals surface area (Å²) in [7, 11) is -3.02. The zero-order valence-electron chi connectivity index (χ0n) is 42.9. The molecular formula is C56H63FN10O8S. The number of aromatic amines is 1. The molecule has 0 bridgehead atoms. The fraction of sp³-hybridized carbons (Fsp3) is 0.429. The van der Waals surface area contributed by atoms with Crippen LogP contribution in [0.2, 0.25) is 0 Å². The number of likely N-dealkylation sites (tertiary alicyclic amines) is 1. The molecule has 2 aliphatic carbocycles. The Labute approximate surface area is 441 Å². The van der Waals surface area contributed by atoms with Crippen molar-refractivity contribution in [1.82, 2.24) is 34.4 Å². The van der Waals surface area contributed by atoms with E-state index in [0.717, 1.165) is 75.4 Å². The number of nitrogens with zero attached hydrogens (tertiary/aromatic N) is 7. The van der Waals surface area contributed by atoms with Crippen LogP contribution in [0.25, 0.3) is 11.0 Å². The topological polar surface area (TPSA) is 208 Å². The number of carbonyl (C=O) groups excluding carboxylic acids is 2. The van der Waals surface area contributed by atoms with E-state index in [9.17, 15) is 28.1 Å². The number of aromatic nitrogens is 3. The van der Waals surface area contributed by atoms with Crippen molar-refractivity contribution in [3.05, 3.63) is 136 Å². The number of nitro benzene ring substituents is 1. The Morgan fingerprint density at radius 1 is 0.934 bits per heavy atom. The summed E-state index contributed by atoms with van der Waals surface area (Å²) in [5, 5.41) is 15.9. The van der Waals surface area contributed by atoms with Crippen LogP contribution in [0.15, 0.2) is 108 Å². The molecule has 398 valence electrons. The molecule has 6 heterocycles. The summed E-state index contributed by atoms with van der Waals surface area (Å²) in [6, 6.07) is 26.4. The minimum Gasteiger partial charge on any atom is -0.497 e. The summed E-state index contributed by atoms with van der Waals surface area (Å²) in [5.41, 5.74) is 2.22. The number of hydrogen-bond acceptors (Lipinski definition) is 15. The van der Waals surface area contributed by atoms with Gasteiger partial charge in [-0.25, -0.2) is 27.5 Å². The summed E-state index contributed by atoms with van der Waals surface area (Å²) < 4.78 is 57.5. The predicted molar refractivity (Wildman–Crippen MR) is 285 cm³/mol. The maximum absolute atomic E-state index is 15.9. The number of piperazine rings is 1. The number of nitro groups is 1. The lowest BCUT2D eigenvalue weighted by atomic mass is 9.60. The molecule has 6 aromatic rings. The number of nitrogens with one attached hydrogen (secondary N) is 3. The van der Waals surface area contributed by atoms with Crippen LogP contribution in [0.5, 0.6) is 17.2 Å². The second-order valence-corrected chi connectivity index (χ2v) is 23.5. The number of rotatable bonds is 17. The third-order valence-corrected chi connectivity index (χ3v) is 17.7. The number of Topliss-reactive ketones (excluding diaryl/α,β-unsaturated/α-hetero) is 1. The Bertz CT molecular complexity index is 3270. The number of sulfonamides is 1. The number of ether oxygens (including phenoxy) is 2. The van der Waals surface area contributed by atoms with Crippen molar-refractivity contribution in [2.45, 2.75) is 93.5 Å². The van der Waals surface area contributed by atoms with Crippen LogP contribution in [-0.2, 0) is 21.4 Å². The molecule has 1 unspecified atom stereocenters. The van der Waals surface area contributed by atoms with Crippen LogP contribution in [0.4, 0.5) is 21.6 Å². The summed E-state index contributed by atoms with van der Waals surface area (Å²) in [6.45, 7) is 10.4.